The summed E-state index contributed by atoms with van der Waals surface area (Å²) in [5.74, 6) is -2.96. The van der Waals surface area contributed by atoms with Crippen LogP contribution in [-0.4, -0.2) is 154 Å². The zero-order valence-electron chi connectivity index (χ0n) is 47.6. The number of aliphatic hydroxyl groups is 2. The Labute approximate surface area is 465 Å². The molecular formula is C59H86N6O14. The summed E-state index contributed by atoms with van der Waals surface area (Å²) in [5.41, 5.74) is 1.92. The summed E-state index contributed by atoms with van der Waals surface area (Å²) < 4.78 is 23.5. The van der Waals surface area contributed by atoms with E-state index in [-0.39, 0.29) is 118 Å². The summed E-state index contributed by atoms with van der Waals surface area (Å²) in [6.45, 7) is 18.1. The van der Waals surface area contributed by atoms with Gasteiger partial charge in [-0.05, 0) is 99.5 Å². The number of ether oxygens (including phenoxy) is 4. The fourth-order valence-electron chi connectivity index (χ4n) is 9.75. The minimum Gasteiger partial charge on any atom is -0.457 e. The Morgan fingerprint density at radius 3 is 2.15 bits per heavy atom. The summed E-state index contributed by atoms with van der Waals surface area (Å²) >= 11 is 0. The number of amides is 7. The molecule has 0 aromatic heterocycles. The van der Waals surface area contributed by atoms with Crippen molar-refractivity contribution >= 4 is 53.4 Å². The summed E-state index contributed by atoms with van der Waals surface area (Å²) in [4.78, 5) is 106. The number of aliphatic hydroxyl groups excluding tert-OH is 2. The molecule has 7 amide bonds. The second kappa shape index (κ2) is 30.8. The largest absolute Gasteiger partial charge is 0.457 e. The number of epoxide rings is 1. The van der Waals surface area contributed by atoms with Crippen LogP contribution in [0.15, 0.2) is 72.4 Å². The predicted molar refractivity (Wildman–Crippen MR) is 295 cm³/mol. The number of imide groups is 1. The summed E-state index contributed by atoms with van der Waals surface area (Å²) in [7, 11) is 0. The van der Waals surface area contributed by atoms with Gasteiger partial charge in [-0.25, -0.2) is 9.59 Å². The first kappa shape index (κ1) is 63.5. The standard InChI is InChI=1S/C59H86N6O14/c1-10-46(67)41(8)55-48(77-55)33-37(4)15-14-16-39(6)54-40(7)19-25-47(38(5)18-24-45(66)34-52(71)79-54)78-59(75)64-31-29-63(30-32-64)58(74)76-35-43-20-22-44(23-21-43)61-56(72)42(9)60-57(73)53(36(2)3)62-49(68)17-12-11-13-28-65-50(69)26-27-51(65)70/h14-16,19-23,25-27,36-38,40-42,45-48,53-55,66-67H,10-13,17-18,24,28-35H2,1-9H3,(H,60,73)(H,61,72)(H,62,68)/b15-14+,25-19+,39-16+/t37-,38+,40+,41-,42+,45-,46+,47+,48-,53+,54-,55-/m1/s1. The second-order valence-electron chi connectivity index (χ2n) is 22.1. The van der Waals surface area contributed by atoms with Crippen LogP contribution in [0.2, 0.25) is 0 Å². The maximum Gasteiger partial charge on any atom is 0.410 e. The molecule has 2 saturated heterocycles. The Hall–Kier alpha value is -6.38. The number of carbonyl (C=O) groups excluding carboxylic acids is 8. The van der Waals surface area contributed by atoms with Crippen molar-refractivity contribution in [3.63, 3.8) is 0 Å². The average Bonchev–Trinajstić information content (AvgIpc) is 4.15. The highest BCUT2D eigenvalue weighted by Crippen LogP contribution is 2.36. The molecule has 0 aliphatic carbocycles. The molecule has 0 saturated carbocycles. The normalized spacial score (nSPS) is 25.3. The number of carbonyl (C=O) groups is 8. The molecule has 1 aromatic rings. The quantitative estimate of drug-likeness (QED) is 0.0149. The van der Waals surface area contributed by atoms with E-state index in [1.807, 2.05) is 58.9 Å². The molecule has 5 rings (SSSR count). The molecule has 1 aromatic carbocycles. The van der Waals surface area contributed by atoms with Gasteiger partial charge in [-0.3, -0.25) is 33.7 Å². The van der Waals surface area contributed by atoms with Crippen LogP contribution in [0.4, 0.5) is 15.3 Å². The van der Waals surface area contributed by atoms with Crippen molar-refractivity contribution in [3.8, 4) is 0 Å². The number of anilines is 1. The van der Waals surface area contributed by atoms with Gasteiger partial charge in [0, 0.05) is 68.8 Å². The van der Waals surface area contributed by atoms with E-state index < -0.39 is 60.4 Å². The molecular weight excluding hydrogens is 1020 g/mol. The highest BCUT2D eigenvalue weighted by atomic mass is 16.6. The molecule has 5 N–H and O–H groups in total. The lowest BCUT2D eigenvalue weighted by Gasteiger charge is -2.35. The van der Waals surface area contributed by atoms with Crippen molar-refractivity contribution in [1.29, 1.82) is 0 Å². The molecule has 436 valence electrons. The Kier molecular flexibility index (Phi) is 24.8. The van der Waals surface area contributed by atoms with Crippen LogP contribution in [0.25, 0.3) is 0 Å². The van der Waals surface area contributed by atoms with Crippen LogP contribution in [-0.2, 0) is 54.3 Å². The highest BCUT2D eigenvalue weighted by molar-refractivity contribution is 6.12. The summed E-state index contributed by atoms with van der Waals surface area (Å²) in [5, 5.41) is 29.2. The van der Waals surface area contributed by atoms with E-state index in [1.54, 1.807) is 43.0 Å². The van der Waals surface area contributed by atoms with Gasteiger partial charge < -0.3 is 54.9 Å². The van der Waals surface area contributed by atoms with Gasteiger partial charge in [-0.1, -0.05) is 91.3 Å². The van der Waals surface area contributed by atoms with Gasteiger partial charge in [0.1, 0.15) is 30.9 Å². The number of rotatable bonds is 23. The van der Waals surface area contributed by atoms with E-state index in [1.165, 1.54) is 24.0 Å². The van der Waals surface area contributed by atoms with E-state index in [9.17, 15) is 48.6 Å². The number of hydrogen-bond donors (Lipinski definition) is 5. The molecule has 4 heterocycles. The Morgan fingerprint density at radius 1 is 0.848 bits per heavy atom. The lowest BCUT2D eigenvalue weighted by atomic mass is 9.92. The number of allylic oxidation sites excluding steroid dienone is 3. The number of nitrogens with zero attached hydrogens (tertiary/aromatic N) is 3. The van der Waals surface area contributed by atoms with Crippen molar-refractivity contribution in [3.05, 3.63) is 77.9 Å². The molecule has 20 heteroatoms. The zero-order chi connectivity index (χ0) is 57.9. The molecule has 0 spiro atoms. The molecule has 0 bridgehead atoms. The first-order chi connectivity index (χ1) is 37.5. The van der Waals surface area contributed by atoms with Crippen LogP contribution in [0, 0.1) is 29.6 Å². The fourth-order valence-corrected chi connectivity index (χ4v) is 9.75. The molecule has 79 heavy (non-hydrogen) atoms. The average molecular weight is 1100 g/mol. The zero-order valence-corrected chi connectivity index (χ0v) is 47.6. The first-order valence-electron chi connectivity index (χ1n) is 28.2. The van der Waals surface area contributed by atoms with Gasteiger partial charge in [0.25, 0.3) is 11.8 Å². The highest BCUT2D eigenvalue weighted by Gasteiger charge is 2.45. The lowest BCUT2D eigenvalue weighted by Crippen LogP contribution is -2.53. The van der Waals surface area contributed by atoms with E-state index in [2.05, 4.69) is 29.0 Å². The number of nitrogens with one attached hydrogen (secondary N) is 3. The van der Waals surface area contributed by atoms with Crippen molar-refractivity contribution in [1.82, 2.24) is 25.3 Å². The monoisotopic (exact) mass is 1100 g/mol. The van der Waals surface area contributed by atoms with Crippen LogP contribution in [0.1, 0.15) is 126 Å². The Balaban J connectivity index is 1.04. The van der Waals surface area contributed by atoms with Gasteiger partial charge in [-0.15, -0.1) is 0 Å². The SMILES string of the molecule is CC[C@H](O)[C@@H](C)[C@H]1O[C@@H]1C[C@H](C)/C=C/C=C(\C)[C@H]1OC(=O)C[C@H](O)CC[C@H](C)[C@@H](OC(=O)N2CCN(C(=O)OCc3ccc(NC(=O)[C@H](C)NC(=O)[C@@H](NC(=O)CCCCCN4C(=O)C=CC4=O)C(C)C)cc3)CC2)/C=C/[C@@H]1C. The second-order valence-corrected chi connectivity index (χ2v) is 22.1. The molecule has 4 aliphatic heterocycles. The maximum atomic E-state index is 13.6. The number of cyclic esters (lactones) is 1. The van der Waals surface area contributed by atoms with Crippen LogP contribution >= 0.6 is 0 Å². The predicted octanol–water partition coefficient (Wildman–Crippen LogP) is 6.50. The van der Waals surface area contributed by atoms with E-state index in [0.717, 1.165) is 16.9 Å². The first-order valence-corrected chi connectivity index (χ1v) is 28.2. The van der Waals surface area contributed by atoms with E-state index in [4.69, 9.17) is 18.9 Å². The topological polar surface area (TPSA) is 263 Å². The smallest absolute Gasteiger partial charge is 0.410 e. The maximum absolute atomic E-state index is 13.6. The lowest BCUT2D eigenvalue weighted by molar-refractivity contribution is -0.151. The summed E-state index contributed by atoms with van der Waals surface area (Å²) in [6.07, 6.45) is 12.6. The number of benzene rings is 1. The van der Waals surface area contributed by atoms with Crippen LogP contribution in [0.3, 0.4) is 0 Å². The third kappa shape index (κ3) is 20.0. The number of unbranched alkanes of at least 4 members (excludes halogenated alkanes) is 2. The van der Waals surface area contributed by atoms with Crippen molar-refractivity contribution in [2.24, 2.45) is 29.6 Å². The molecule has 0 unspecified atom stereocenters. The number of piperazine rings is 1. The summed E-state index contributed by atoms with van der Waals surface area (Å²) in [6, 6.07) is 4.86. The van der Waals surface area contributed by atoms with Gasteiger partial charge in [0.2, 0.25) is 17.7 Å². The Morgan fingerprint density at radius 2 is 1.51 bits per heavy atom. The third-order valence-electron chi connectivity index (χ3n) is 15.1. The molecule has 4 aliphatic rings. The van der Waals surface area contributed by atoms with E-state index in [0.29, 0.717) is 49.8 Å². The van der Waals surface area contributed by atoms with Crippen molar-refractivity contribution < 1.29 is 67.5 Å². The van der Waals surface area contributed by atoms with Crippen molar-refractivity contribution in [2.45, 2.75) is 175 Å². The van der Waals surface area contributed by atoms with Gasteiger partial charge >= 0.3 is 18.2 Å². The Bertz CT molecular complexity index is 2360. The van der Waals surface area contributed by atoms with Gasteiger partial charge in [-0.2, -0.15) is 0 Å². The van der Waals surface area contributed by atoms with Gasteiger partial charge in [0.05, 0.1) is 30.8 Å². The molecule has 12 atom stereocenters. The van der Waals surface area contributed by atoms with E-state index >= 15 is 0 Å². The minimum absolute atomic E-state index is 0.0466. The van der Waals surface area contributed by atoms with Crippen LogP contribution in [0.5, 0.6) is 0 Å². The van der Waals surface area contributed by atoms with Crippen LogP contribution < -0.4 is 16.0 Å². The minimum atomic E-state index is -0.943. The third-order valence-corrected chi connectivity index (χ3v) is 15.1. The number of esters is 1. The molecule has 20 nitrogen and oxygen atoms in total. The molecule has 2 fully saturated rings. The van der Waals surface area contributed by atoms with Gasteiger partial charge in [0.15, 0.2) is 0 Å². The van der Waals surface area contributed by atoms with Crippen molar-refractivity contribution in [2.75, 3.05) is 38.0 Å². The number of hydrogen-bond acceptors (Lipinski definition) is 14. The molecule has 0 radical (unpaired) electrons. The fraction of sp³-hybridized carbons (Fsp3) is 0.627.